The Bertz CT molecular complexity index is 480. The number of hydrogen-bond donors (Lipinski definition) is 2. The van der Waals surface area contributed by atoms with E-state index in [4.69, 9.17) is 0 Å². The van der Waals surface area contributed by atoms with Crippen LogP contribution in [0.15, 0.2) is 42.6 Å². The Balaban J connectivity index is 2.04. The van der Waals surface area contributed by atoms with Gasteiger partial charge in [0.25, 0.3) is 0 Å². The van der Waals surface area contributed by atoms with Crippen LogP contribution in [0, 0.1) is 6.92 Å². The summed E-state index contributed by atoms with van der Waals surface area (Å²) in [5.74, 6) is 0.746. The summed E-state index contributed by atoms with van der Waals surface area (Å²) in [6.45, 7) is 2.79. The van der Waals surface area contributed by atoms with Gasteiger partial charge in [-0.05, 0) is 18.6 Å². The van der Waals surface area contributed by atoms with Crippen LogP contribution in [0.2, 0.25) is 0 Å². The van der Waals surface area contributed by atoms with Gasteiger partial charge in [-0.2, -0.15) is 0 Å². The Morgan fingerprint density at radius 1 is 1.18 bits per heavy atom. The highest BCUT2D eigenvalue weighted by atomic mass is 16.3. The van der Waals surface area contributed by atoms with Gasteiger partial charge < -0.3 is 10.4 Å². The molecule has 2 N–H and O–H groups in total. The Labute approximate surface area is 101 Å². The fourth-order valence-corrected chi connectivity index (χ4v) is 1.62. The van der Waals surface area contributed by atoms with Gasteiger partial charge in [0, 0.05) is 18.3 Å². The highest BCUT2D eigenvalue weighted by molar-refractivity contribution is 5.43. The average molecular weight is 228 g/mol. The van der Waals surface area contributed by atoms with Crippen molar-refractivity contribution in [3.63, 3.8) is 0 Å². The lowest BCUT2D eigenvalue weighted by Crippen LogP contribution is -2.04. The second-order valence-corrected chi connectivity index (χ2v) is 4.01. The molecular formula is C14H16N2O. The Hall–Kier alpha value is -1.87. The van der Waals surface area contributed by atoms with Gasteiger partial charge in [0.05, 0.1) is 6.61 Å². The Morgan fingerprint density at radius 3 is 2.65 bits per heavy atom. The van der Waals surface area contributed by atoms with Crippen molar-refractivity contribution in [2.45, 2.75) is 20.1 Å². The fourth-order valence-electron chi connectivity index (χ4n) is 1.62. The molecule has 0 amide bonds. The molecule has 0 spiro atoms. The van der Waals surface area contributed by atoms with Gasteiger partial charge >= 0.3 is 0 Å². The minimum atomic E-state index is 0.00404. The van der Waals surface area contributed by atoms with Gasteiger partial charge in [0.1, 0.15) is 5.82 Å². The molecule has 0 saturated heterocycles. The van der Waals surface area contributed by atoms with Crippen molar-refractivity contribution < 1.29 is 5.11 Å². The average Bonchev–Trinajstić information content (AvgIpc) is 2.38. The molecule has 0 fully saturated rings. The van der Waals surface area contributed by atoms with E-state index in [0.717, 1.165) is 11.4 Å². The number of aryl methyl sites for hydroxylation is 1. The third-order valence-electron chi connectivity index (χ3n) is 2.64. The molecule has 1 aromatic carbocycles. The lowest BCUT2D eigenvalue weighted by Gasteiger charge is -2.09. The van der Waals surface area contributed by atoms with Crippen LogP contribution in [0.25, 0.3) is 0 Å². The molecule has 0 aliphatic carbocycles. The van der Waals surface area contributed by atoms with E-state index in [9.17, 15) is 5.11 Å². The molecule has 1 heterocycles. The summed E-state index contributed by atoms with van der Waals surface area (Å²) in [5.41, 5.74) is 3.27. The fraction of sp³-hybridized carbons (Fsp3) is 0.214. The van der Waals surface area contributed by atoms with E-state index in [2.05, 4.69) is 41.5 Å². The zero-order valence-electron chi connectivity index (χ0n) is 9.85. The molecule has 1 aromatic heterocycles. The minimum Gasteiger partial charge on any atom is -0.392 e. The summed E-state index contributed by atoms with van der Waals surface area (Å²) >= 11 is 0. The SMILES string of the molecule is Cc1ccc(CNc2ncccc2CO)cc1. The quantitative estimate of drug-likeness (QED) is 0.845. The number of aromatic nitrogens is 1. The maximum Gasteiger partial charge on any atom is 0.131 e. The smallest absolute Gasteiger partial charge is 0.131 e. The zero-order valence-corrected chi connectivity index (χ0v) is 9.85. The van der Waals surface area contributed by atoms with E-state index >= 15 is 0 Å². The molecule has 17 heavy (non-hydrogen) atoms. The van der Waals surface area contributed by atoms with E-state index in [0.29, 0.717) is 6.54 Å². The molecule has 0 bridgehead atoms. The van der Waals surface area contributed by atoms with Crippen LogP contribution in [-0.4, -0.2) is 10.1 Å². The number of benzene rings is 1. The van der Waals surface area contributed by atoms with Crippen LogP contribution >= 0.6 is 0 Å². The number of nitrogens with zero attached hydrogens (tertiary/aromatic N) is 1. The molecule has 0 unspecified atom stereocenters. The summed E-state index contributed by atoms with van der Waals surface area (Å²) < 4.78 is 0. The monoisotopic (exact) mass is 228 g/mol. The van der Waals surface area contributed by atoms with E-state index in [-0.39, 0.29) is 6.61 Å². The molecule has 0 aliphatic rings. The van der Waals surface area contributed by atoms with Crippen LogP contribution in [0.3, 0.4) is 0 Å². The molecular weight excluding hydrogens is 212 g/mol. The van der Waals surface area contributed by atoms with Gasteiger partial charge in [-0.1, -0.05) is 35.9 Å². The number of nitrogens with one attached hydrogen (secondary N) is 1. The molecule has 3 nitrogen and oxygen atoms in total. The van der Waals surface area contributed by atoms with Gasteiger partial charge in [-0.3, -0.25) is 0 Å². The van der Waals surface area contributed by atoms with Crippen molar-refractivity contribution in [2.75, 3.05) is 5.32 Å². The first-order chi connectivity index (χ1) is 8.29. The first-order valence-corrected chi connectivity index (χ1v) is 5.64. The number of hydrogen-bond acceptors (Lipinski definition) is 3. The first-order valence-electron chi connectivity index (χ1n) is 5.64. The Morgan fingerprint density at radius 2 is 1.94 bits per heavy atom. The van der Waals surface area contributed by atoms with E-state index in [1.54, 1.807) is 6.20 Å². The molecule has 0 saturated carbocycles. The second-order valence-electron chi connectivity index (χ2n) is 4.01. The van der Waals surface area contributed by atoms with Crippen LogP contribution in [0.5, 0.6) is 0 Å². The highest BCUT2D eigenvalue weighted by Crippen LogP contribution is 2.12. The molecule has 0 radical (unpaired) electrons. The highest BCUT2D eigenvalue weighted by Gasteiger charge is 2.01. The van der Waals surface area contributed by atoms with Gasteiger partial charge in [-0.25, -0.2) is 4.98 Å². The predicted molar refractivity (Wildman–Crippen MR) is 68.7 cm³/mol. The molecule has 3 heteroatoms. The van der Waals surface area contributed by atoms with Crippen molar-refractivity contribution in [1.82, 2.24) is 4.98 Å². The lowest BCUT2D eigenvalue weighted by atomic mass is 10.1. The standard InChI is InChI=1S/C14H16N2O/c1-11-4-6-12(7-5-11)9-16-14-13(10-17)3-2-8-15-14/h2-8,17H,9-10H2,1H3,(H,15,16). The first kappa shape index (κ1) is 11.6. The molecule has 0 aliphatic heterocycles. The summed E-state index contributed by atoms with van der Waals surface area (Å²) in [7, 11) is 0. The topological polar surface area (TPSA) is 45.2 Å². The van der Waals surface area contributed by atoms with Crippen molar-refractivity contribution in [2.24, 2.45) is 0 Å². The van der Waals surface area contributed by atoms with Gasteiger partial charge in [0.2, 0.25) is 0 Å². The number of anilines is 1. The Kier molecular flexibility index (Phi) is 3.73. The van der Waals surface area contributed by atoms with Crippen molar-refractivity contribution >= 4 is 5.82 Å². The van der Waals surface area contributed by atoms with Crippen LogP contribution in [0.1, 0.15) is 16.7 Å². The number of pyridine rings is 1. The molecule has 2 aromatic rings. The predicted octanol–water partition coefficient (Wildman–Crippen LogP) is 2.49. The molecule has 2 rings (SSSR count). The number of aliphatic hydroxyl groups excluding tert-OH is 1. The molecule has 0 atom stereocenters. The van der Waals surface area contributed by atoms with Crippen molar-refractivity contribution in [3.05, 3.63) is 59.3 Å². The normalized spacial score (nSPS) is 10.2. The van der Waals surface area contributed by atoms with Crippen LogP contribution in [0.4, 0.5) is 5.82 Å². The lowest BCUT2D eigenvalue weighted by molar-refractivity contribution is 0.282. The maximum atomic E-state index is 9.17. The minimum absolute atomic E-state index is 0.00404. The largest absolute Gasteiger partial charge is 0.392 e. The van der Waals surface area contributed by atoms with Crippen LogP contribution < -0.4 is 5.32 Å². The van der Waals surface area contributed by atoms with E-state index < -0.39 is 0 Å². The van der Waals surface area contributed by atoms with Crippen LogP contribution in [-0.2, 0) is 13.2 Å². The van der Waals surface area contributed by atoms with Crippen molar-refractivity contribution in [1.29, 1.82) is 0 Å². The summed E-state index contributed by atoms with van der Waals surface area (Å²) in [4.78, 5) is 4.21. The van der Waals surface area contributed by atoms with E-state index in [1.807, 2.05) is 12.1 Å². The third kappa shape index (κ3) is 3.04. The summed E-state index contributed by atoms with van der Waals surface area (Å²) in [6, 6.07) is 12.0. The second kappa shape index (κ2) is 5.46. The van der Waals surface area contributed by atoms with Gasteiger partial charge in [-0.15, -0.1) is 0 Å². The summed E-state index contributed by atoms with van der Waals surface area (Å²) in [6.07, 6.45) is 1.72. The zero-order chi connectivity index (χ0) is 12.1. The van der Waals surface area contributed by atoms with E-state index in [1.165, 1.54) is 11.1 Å². The summed E-state index contributed by atoms with van der Waals surface area (Å²) in [5, 5.41) is 12.4. The number of rotatable bonds is 4. The maximum absolute atomic E-state index is 9.17. The van der Waals surface area contributed by atoms with Crippen molar-refractivity contribution in [3.8, 4) is 0 Å². The molecule has 88 valence electrons. The third-order valence-corrected chi connectivity index (χ3v) is 2.64. The number of aliphatic hydroxyl groups is 1. The van der Waals surface area contributed by atoms with Gasteiger partial charge in [0.15, 0.2) is 0 Å².